The lowest BCUT2D eigenvalue weighted by Gasteiger charge is -2.15. The third-order valence-corrected chi connectivity index (χ3v) is 10.6. The first kappa shape index (κ1) is 20.7. The van der Waals surface area contributed by atoms with Crippen LogP contribution in [0.15, 0.2) is 224 Å². The van der Waals surface area contributed by atoms with E-state index in [1.54, 1.807) is 12.1 Å². The summed E-state index contributed by atoms with van der Waals surface area (Å²) in [6, 6.07) is 16.9. The van der Waals surface area contributed by atoms with E-state index in [4.69, 9.17) is 32.8 Å². The standard InChI is InChI=1S/C57H37N5/c1-4-17-38(18-5-1)41-23-16-24-42(33-41)45-34-44(40-21-8-3-9-22-40)35-46(36-45)55-58-56(61-51-28-13-10-25-47(51)48-26-11-14-29-52(48)61)60-57(59-55)62-53-30-15-12-27-49(53)50-32-31-43(37-54(50)62)39-19-6-2-7-20-39/h1-37H/i2D,6D,7D,10D,11D,12D,13D,14D,15D,19D,20D,25D,26D,27D,28D,29D,30D,31D,32D,37D. The van der Waals surface area contributed by atoms with Crippen LogP contribution in [0, 0.1) is 0 Å². The molecule has 9 aromatic carbocycles. The monoisotopic (exact) mass is 811 g/mol. The van der Waals surface area contributed by atoms with E-state index in [0.717, 1.165) is 31.4 Å². The molecule has 62 heavy (non-hydrogen) atoms. The second kappa shape index (κ2) is 14.7. The van der Waals surface area contributed by atoms with Crippen LogP contribution in [-0.4, -0.2) is 24.1 Å². The lowest BCUT2D eigenvalue weighted by atomic mass is 9.94. The number of hydrogen-bond donors (Lipinski definition) is 0. The third-order valence-electron chi connectivity index (χ3n) is 10.6. The van der Waals surface area contributed by atoms with Crippen molar-refractivity contribution in [1.29, 1.82) is 0 Å². The second-order valence-corrected chi connectivity index (χ2v) is 14.2. The highest BCUT2D eigenvalue weighted by molar-refractivity contribution is 6.11. The molecular formula is C57H37N5. The second-order valence-electron chi connectivity index (χ2n) is 14.2. The van der Waals surface area contributed by atoms with Crippen LogP contribution in [0.2, 0.25) is 0 Å². The Morgan fingerprint density at radius 3 is 1.34 bits per heavy atom. The summed E-state index contributed by atoms with van der Waals surface area (Å²) in [5.41, 5.74) is 1.76. The highest BCUT2D eigenvalue weighted by Gasteiger charge is 2.22. The van der Waals surface area contributed by atoms with Gasteiger partial charge in [-0.15, -0.1) is 0 Å². The number of rotatable bonds is 7. The van der Waals surface area contributed by atoms with E-state index in [-0.39, 0.29) is 22.2 Å². The van der Waals surface area contributed by atoms with Gasteiger partial charge in [0.05, 0.1) is 49.5 Å². The largest absolute Gasteiger partial charge is 0.278 e. The quantitative estimate of drug-likeness (QED) is 0.161. The Labute approximate surface area is 386 Å². The molecule has 0 atom stereocenters. The van der Waals surface area contributed by atoms with Gasteiger partial charge in [0.2, 0.25) is 11.9 Å². The minimum absolute atomic E-state index is 0.235. The Balaban J connectivity index is 1.30. The van der Waals surface area contributed by atoms with Gasteiger partial charge in [-0.05, 0) is 92.9 Å². The first-order chi connectivity index (χ1) is 39.0. The van der Waals surface area contributed by atoms with Crippen molar-refractivity contribution < 1.29 is 27.4 Å². The number of aromatic nitrogens is 5. The number of benzene rings is 9. The van der Waals surface area contributed by atoms with Gasteiger partial charge in [-0.2, -0.15) is 15.0 Å². The van der Waals surface area contributed by atoms with E-state index in [1.165, 1.54) is 0 Å². The molecule has 0 aliphatic carbocycles. The zero-order valence-corrected chi connectivity index (χ0v) is 32.1. The molecule has 5 nitrogen and oxygen atoms in total. The Morgan fingerprint density at radius 1 is 0.306 bits per heavy atom. The van der Waals surface area contributed by atoms with E-state index >= 15 is 0 Å². The molecule has 5 heteroatoms. The number of para-hydroxylation sites is 3. The van der Waals surface area contributed by atoms with Crippen LogP contribution in [-0.2, 0) is 0 Å². The molecule has 0 unspecified atom stereocenters. The van der Waals surface area contributed by atoms with Gasteiger partial charge >= 0.3 is 0 Å². The van der Waals surface area contributed by atoms with Gasteiger partial charge in [0.1, 0.15) is 0 Å². The maximum atomic E-state index is 10.00. The molecule has 0 bridgehead atoms. The third kappa shape index (κ3) is 6.06. The predicted octanol–water partition coefficient (Wildman–Crippen LogP) is 14.4. The summed E-state index contributed by atoms with van der Waals surface area (Å²) in [7, 11) is 0. The number of nitrogens with zero attached hydrogens (tertiary/aromatic N) is 5. The summed E-state index contributed by atoms with van der Waals surface area (Å²) in [4.78, 5) is 14.9. The lowest BCUT2D eigenvalue weighted by Crippen LogP contribution is -2.10. The van der Waals surface area contributed by atoms with Gasteiger partial charge in [-0.3, -0.25) is 9.13 Å². The van der Waals surface area contributed by atoms with Crippen molar-refractivity contribution in [2.24, 2.45) is 0 Å². The van der Waals surface area contributed by atoms with Crippen LogP contribution in [0.4, 0.5) is 0 Å². The summed E-state index contributed by atoms with van der Waals surface area (Å²) in [6.45, 7) is 0. The molecule has 0 amide bonds. The normalized spacial score (nSPS) is 16.1. The molecule has 3 aromatic heterocycles. The molecule has 290 valence electrons. The minimum Gasteiger partial charge on any atom is -0.278 e. The summed E-state index contributed by atoms with van der Waals surface area (Å²) in [6.07, 6.45) is 0. The molecule has 12 aromatic rings. The van der Waals surface area contributed by atoms with Gasteiger partial charge in [-0.1, -0.05) is 176 Å². The molecule has 0 N–H and O–H groups in total. The van der Waals surface area contributed by atoms with Crippen LogP contribution >= 0.6 is 0 Å². The SMILES string of the molecule is [2H]c1c([2H])c([2H])c(-c2c([2H])c([2H])c3c4c([2H])c([2H])c([2H])c([2H])c4n(-c4nc(-c5cc(-c6ccccc6)cc(-c6cccc(-c7ccccc7)c6)c5)nc(-n5c6c([2H])c([2H])c([2H])c([2H])c6c6c([2H])c([2H])c([2H])c([2H])c65)n4)c3c2[2H])c([2H])c1[2H]. The maximum absolute atomic E-state index is 10.00. The van der Waals surface area contributed by atoms with Crippen molar-refractivity contribution in [2.45, 2.75) is 0 Å². The zero-order chi connectivity index (χ0) is 58.4. The van der Waals surface area contributed by atoms with Crippen LogP contribution in [0.25, 0.3) is 111 Å². The summed E-state index contributed by atoms with van der Waals surface area (Å²) >= 11 is 0. The van der Waals surface area contributed by atoms with Crippen molar-refractivity contribution in [3.05, 3.63) is 224 Å². The summed E-state index contributed by atoms with van der Waals surface area (Å²) in [5, 5.41) is -1.46. The molecule has 0 aliphatic rings. The van der Waals surface area contributed by atoms with Gasteiger partial charge in [0, 0.05) is 27.1 Å². The molecule has 0 saturated carbocycles. The van der Waals surface area contributed by atoms with Crippen LogP contribution in [0.5, 0.6) is 0 Å². The van der Waals surface area contributed by atoms with Crippen molar-refractivity contribution >= 4 is 43.6 Å². The Hall–Kier alpha value is -8.41. The highest BCUT2D eigenvalue weighted by atomic mass is 15.3. The highest BCUT2D eigenvalue weighted by Crippen LogP contribution is 2.38. The minimum atomic E-state index is -0.827. The molecule has 12 rings (SSSR count). The van der Waals surface area contributed by atoms with Crippen molar-refractivity contribution in [3.8, 4) is 67.8 Å². The van der Waals surface area contributed by atoms with E-state index in [1.807, 2.05) is 91.0 Å². The van der Waals surface area contributed by atoms with E-state index < -0.39 is 177 Å². The molecule has 3 heterocycles. The molecular weight excluding hydrogens is 755 g/mol. The van der Waals surface area contributed by atoms with Crippen LogP contribution < -0.4 is 0 Å². The van der Waals surface area contributed by atoms with Crippen molar-refractivity contribution in [1.82, 2.24) is 24.1 Å². The predicted molar refractivity (Wildman–Crippen MR) is 256 cm³/mol. The first-order valence-corrected chi connectivity index (χ1v) is 19.3. The first-order valence-electron chi connectivity index (χ1n) is 29.3. The molecule has 0 fully saturated rings. The van der Waals surface area contributed by atoms with E-state index in [0.29, 0.717) is 11.1 Å². The van der Waals surface area contributed by atoms with Crippen molar-refractivity contribution in [3.63, 3.8) is 0 Å². The molecule has 0 radical (unpaired) electrons. The van der Waals surface area contributed by atoms with Gasteiger partial charge in [0.25, 0.3) is 0 Å². The fourth-order valence-electron chi connectivity index (χ4n) is 7.74. The van der Waals surface area contributed by atoms with E-state index in [2.05, 4.69) is 0 Å². The number of fused-ring (bicyclic) bond motifs is 6. The fourth-order valence-corrected chi connectivity index (χ4v) is 7.74. The molecule has 0 aliphatic heterocycles. The molecule has 0 saturated heterocycles. The van der Waals surface area contributed by atoms with Gasteiger partial charge in [-0.25, -0.2) is 0 Å². The Kier molecular flexibility index (Phi) is 4.91. The smallest absolute Gasteiger partial charge is 0.240 e. The van der Waals surface area contributed by atoms with Crippen LogP contribution in [0.3, 0.4) is 0 Å². The average molecular weight is 812 g/mol. The zero-order valence-electron chi connectivity index (χ0n) is 52.1. The average Bonchev–Trinajstić information content (AvgIpc) is 2.40. The van der Waals surface area contributed by atoms with Crippen LogP contribution in [0.1, 0.15) is 27.4 Å². The Bertz CT molecular complexity index is 4710. The maximum Gasteiger partial charge on any atom is 0.240 e. The summed E-state index contributed by atoms with van der Waals surface area (Å²) in [5.74, 6) is -1.41. The van der Waals surface area contributed by atoms with E-state index in [9.17, 15) is 9.60 Å². The molecule has 0 spiro atoms. The van der Waals surface area contributed by atoms with Gasteiger partial charge < -0.3 is 0 Å². The number of hydrogen-bond acceptors (Lipinski definition) is 3. The lowest BCUT2D eigenvalue weighted by molar-refractivity contribution is 0.893. The van der Waals surface area contributed by atoms with Gasteiger partial charge in [0.15, 0.2) is 5.82 Å². The Morgan fingerprint density at radius 2 is 0.742 bits per heavy atom. The summed E-state index contributed by atoms with van der Waals surface area (Å²) < 4.78 is 183. The van der Waals surface area contributed by atoms with Crippen molar-refractivity contribution in [2.75, 3.05) is 0 Å². The fraction of sp³-hybridized carbons (Fsp3) is 0. The topological polar surface area (TPSA) is 48.5 Å².